The summed E-state index contributed by atoms with van der Waals surface area (Å²) in [6.07, 6.45) is -2.26. The van der Waals surface area contributed by atoms with Gasteiger partial charge >= 0.3 is 22.8 Å². The standard InChI is InChI=1S/C14H35N4O10P3/c1-14(19)10-15-2-4-16(11-29(20,21)22)6-8-18(13-31(26,27)28)9-7-17(5-3-15)12-30(23,24)25/h14,19H,2-13H2,1H3,(H2,20,21,22)(H2,23,24,25)(H2,26,27,28). The van der Waals surface area contributed by atoms with Crippen LogP contribution in [0, 0.1) is 0 Å². The number of aliphatic hydroxyl groups excluding tert-OH is 1. The molecule has 7 N–H and O–H groups in total. The van der Waals surface area contributed by atoms with E-state index in [-0.39, 0.29) is 45.8 Å². The van der Waals surface area contributed by atoms with E-state index in [0.717, 1.165) is 0 Å². The third-order valence-electron chi connectivity index (χ3n) is 4.60. The van der Waals surface area contributed by atoms with Gasteiger partial charge in [0.2, 0.25) is 0 Å². The van der Waals surface area contributed by atoms with Gasteiger partial charge in [-0.25, -0.2) is 0 Å². The van der Waals surface area contributed by atoms with Crippen LogP contribution in [0.3, 0.4) is 0 Å². The molecule has 0 saturated carbocycles. The molecule has 1 fully saturated rings. The van der Waals surface area contributed by atoms with Gasteiger partial charge in [0.15, 0.2) is 0 Å². The van der Waals surface area contributed by atoms with Crippen LogP contribution in [0.15, 0.2) is 0 Å². The predicted molar refractivity (Wildman–Crippen MR) is 114 cm³/mol. The molecule has 1 atom stereocenters. The molecule has 1 aliphatic rings. The van der Waals surface area contributed by atoms with E-state index in [1.54, 1.807) is 6.92 Å². The van der Waals surface area contributed by atoms with Crippen molar-refractivity contribution in [3.8, 4) is 0 Å². The zero-order valence-corrected chi connectivity index (χ0v) is 20.2. The number of aliphatic hydroxyl groups is 1. The number of β-amino-alcohol motifs (C(OH)–C–C–N with tert-alkyl or cyclic N) is 1. The van der Waals surface area contributed by atoms with E-state index in [9.17, 15) is 48.2 Å². The third kappa shape index (κ3) is 15.7. The van der Waals surface area contributed by atoms with E-state index in [1.807, 2.05) is 4.90 Å². The molecule has 0 aromatic carbocycles. The fourth-order valence-corrected chi connectivity index (χ4v) is 5.75. The molecular weight excluding hydrogens is 477 g/mol. The van der Waals surface area contributed by atoms with Crippen molar-refractivity contribution < 1.29 is 48.2 Å². The van der Waals surface area contributed by atoms with Crippen molar-refractivity contribution in [3.63, 3.8) is 0 Å². The van der Waals surface area contributed by atoms with E-state index in [2.05, 4.69) is 0 Å². The zero-order chi connectivity index (χ0) is 23.9. The summed E-state index contributed by atoms with van der Waals surface area (Å²) in [5, 5.41) is 9.74. The summed E-state index contributed by atoms with van der Waals surface area (Å²) < 4.78 is 34.5. The Morgan fingerprint density at radius 2 is 0.806 bits per heavy atom. The maximum atomic E-state index is 11.5. The van der Waals surface area contributed by atoms with Gasteiger partial charge in [-0.3, -0.25) is 33.3 Å². The first-order chi connectivity index (χ1) is 14.0. The first-order valence-corrected chi connectivity index (χ1v) is 15.1. The highest BCUT2D eigenvalue weighted by atomic mass is 31.2. The van der Waals surface area contributed by atoms with Crippen molar-refractivity contribution in [3.05, 3.63) is 0 Å². The molecule has 0 aromatic rings. The molecule has 0 spiro atoms. The highest BCUT2D eigenvalue weighted by molar-refractivity contribution is 7.52. The van der Waals surface area contributed by atoms with Gasteiger partial charge in [0, 0.05) is 58.9 Å². The van der Waals surface area contributed by atoms with Crippen molar-refractivity contribution in [2.24, 2.45) is 0 Å². The summed E-state index contributed by atoms with van der Waals surface area (Å²) in [5.74, 6) is 0. The van der Waals surface area contributed by atoms with Crippen molar-refractivity contribution in [2.45, 2.75) is 13.0 Å². The van der Waals surface area contributed by atoms with Gasteiger partial charge in [-0.1, -0.05) is 0 Å². The summed E-state index contributed by atoms with van der Waals surface area (Å²) >= 11 is 0. The summed E-state index contributed by atoms with van der Waals surface area (Å²) in [7, 11) is -13.1. The second-order valence-corrected chi connectivity index (χ2v) is 12.8. The van der Waals surface area contributed by atoms with Gasteiger partial charge in [-0.05, 0) is 6.92 Å². The van der Waals surface area contributed by atoms with Gasteiger partial charge in [0.1, 0.15) is 18.9 Å². The van der Waals surface area contributed by atoms with E-state index < -0.39 is 47.7 Å². The predicted octanol–water partition coefficient (Wildman–Crippen LogP) is -2.01. The van der Waals surface area contributed by atoms with Crippen molar-refractivity contribution in [1.82, 2.24) is 19.6 Å². The van der Waals surface area contributed by atoms with E-state index in [1.165, 1.54) is 14.7 Å². The smallest absolute Gasteiger partial charge is 0.339 e. The minimum Gasteiger partial charge on any atom is -0.392 e. The highest BCUT2D eigenvalue weighted by Gasteiger charge is 2.26. The highest BCUT2D eigenvalue weighted by Crippen LogP contribution is 2.37. The van der Waals surface area contributed by atoms with Crippen LogP contribution in [-0.4, -0.2) is 138 Å². The lowest BCUT2D eigenvalue weighted by Crippen LogP contribution is -2.47. The Kier molecular flexibility index (Phi) is 11.9. The van der Waals surface area contributed by atoms with Crippen LogP contribution in [0.2, 0.25) is 0 Å². The number of hydrogen-bond donors (Lipinski definition) is 7. The molecule has 0 radical (unpaired) electrons. The summed E-state index contributed by atoms with van der Waals surface area (Å²) in [4.78, 5) is 62.4. The monoisotopic (exact) mass is 512 g/mol. The van der Waals surface area contributed by atoms with Crippen LogP contribution in [-0.2, 0) is 13.7 Å². The Morgan fingerprint density at radius 3 is 1.00 bits per heavy atom. The molecule has 0 aliphatic carbocycles. The normalized spacial score (nSPS) is 22.1. The number of rotatable bonds is 8. The Balaban J connectivity index is 3.04. The Bertz CT molecular complexity index is 641. The molecule has 0 aromatic heterocycles. The van der Waals surface area contributed by atoms with E-state index >= 15 is 0 Å². The third-order valence-corrected chi connectivity index (χ3v) is 6.91. The van der Waals surface area contributed by atoms with Crippen LogP contribution < -0.4 is 0 Å². The van der Waals surface area contributed by atoms with Crippen LogP contribution in [0.5, 0.6) is 0 Å². The summed E-state index contributed by atoms with van der Waals surface area (Å²) in [6.45, 7) is 3.49. The molecule has 1 heterocycles. The zero-order valence-electron chi connectivity index (χ0n) is 17.5. The lowest BCUT2D eigenvalue weighted by Gasteiger charge is -2.34. The van der Waals surface area contributed by atoms with Crippen molar-refractivity contribution in [2.75, 3.05) is 77.8 Å². The summed E-state index contributed by atoms with van der Waals surface area (Å²) in [5.41, 5.74) is 0. The quantitative estimate of drug-likeness (QED) is 0.176. The molecule has 1 aliphatic heterocycles. The second kappa shape index (κ2) is 12.6. The molecule has 31 heavy (non-hydrogen) atoms. The lowest BCUT2D eigenvalue weighted by atomic mass is 10.3. The maximum absolute atomic E-state index is 11.5. The molecule has 186 valence electrons. The van der Waals surface area contributed by atoms with Crippen molar-refractivity contribution >= 4 is 22.8 Å². The molecular formula is C14H35N4O10P3. The maximum Gasteiger partial charge on any atom is 0.339 e. The molecule has 1 unspecified atom stereocenters. The van der Waals surface area contributed by atoms with Gasteiger partial charge < -0.3 is 34.5 Å². The summed E-state index contributed by atoms with van der Waals surface area (Å²) in [6, 6.07) is 0. The fourth-order valence-electron chi connectivity index (χ4n) is 3.34. The van der Waals surface area contributed by atoms with Gasteiger partial charge in [0.05, 0.1) is 6.10 Å². The van der Waals surface area contributed by atoms with Crippen LogP contribution in [0.25, 0.3) is 0 Å². The van der Waals surface area contributed by atoms with Crippen molar-refractivity contribution in [1.29, 1.82) is 0 Å². The fraction of sp³-hybridized carbons (Fsp3) is 1.00. The van der Waals surface area contributed by atoms with Gasteiger partial charge in [-0.2, -0.15) is 0 Å². The average molecular weight is 512 g/mol. The molecule has 0 amide bonds. The van der Waals surface area contributed by atoms with Crippen LogP contribution >= 0.6 is 22.8 Å². The number of hydrogen-bond acceptors (Lipinski definition) is 8. The Labute approximate surface area is 181 Å². The largest absolute Gasteiger partial charge is 0.392 e. The van der Waals surface area contributed by atoms with Crippen LogP contribution in [0.4, 0.5) is 0 Å². The Morgan fingerprint density at radius 1 is 0.581 bits per heavy atom. The topological polar surface area (TPSA) is 206 Å². The molecule has 14 nitrogen and oxygen atoms in total. The molecule has 17 heteroatoms. The SMILES string of the molecule is CC(O)CN1CCN(CP(=O)(O)O)CCN(CP(=O)(O)O)CCN(CP(=O)(O)O)CC1. The first kappa shape index (κ1) is 29.3. The van der Waals surface area contributed by atoms with Gasteiger partial charge in [0.25, 0.3) is 0 Å². The second-order valence-electron chi connectivity index (χ2n) is 7.92. The lowest BCUT2D eigenvalue weighted by molar-refractivity contribution is 0.0998. The molecule has 1 saturated heterocycles. The Hall–Kier alpha value is 0.250. The minimum atomic E-state index is -4.41. The average Bonchev–Trinajstić information content (AvgIpc) is 2.53. The molecule has 0 bridgehead atoms. The van der Waals surface area contributed by atoms with Gasteiger partial charge in [-0.15, -0.1) is 0 Å². The van der Waals surface area contributed by atoms with E-state index in [0.29, 0.717) is 13.1 Å². The van der Waals surface area contributed by atoms with Crippen LogP contribution in [0.1, 0.15) is 6.92 Å². The van der Waals surface area contributed by atoms with E-state index in [4.69, 9.17) is 0 Å². The molecule has 1 rings (SSSR count). The number of nitrogens with zero attached hydrogens (tertiary/aromatic N) is 4. The minimum absolute atomic E-state index is 0.102. The first-order valence-electron chi connectivity index (χ1n) is 9.73.